The predicted octanol–water partition coefficient (Wildman–Crippen LogP) is 6.26. The molecular formula is C32H40N2O4. The monoisotopic (exact) mass is 516 g/mol. The lowest BCUT2D eigenvalue weighted by Crippen LogP contribution is -2.25. The Bertz CT molecular complexity index is 1280. The Hall–Kier alpha value is -3.22. The van der Waals surface area contributed by atoms with Gasteiger partial charge in [-0.25, -0.2) is 9.59 Å². The summed E-state index contributed by atoms with van der Waals surface area (Å²) in [6.45, 7) is 15.2. The Balaban J connectivity index is 1.48. The molecule has 0 bridgehead atoms. The second-order valence-electron chi connectivity index (χ2n) is 9.68. The summed E-state index contributed by atoms with van der Waals surface area (Å²) in [7, 11) is 0. The molecule has 3 aromatic carbocycles. The minimum atomic E-state index is -0.301. The molecule has 38 heavy (non-hydrogen) atoms. The lowest BCUT2D eigenvalue weighted by atomic mass is 9.98. The van der Waals surface area contributed by atoms with E-state index in [2.05, 4.69) is 43.6 Å². The number of nitrogens with zero attached hydrogens (tertiary/aromatic N) is 2. The average molecular weight is 517 g/mol. The van der Waals surface area contributed by atoms with E-state index in [1.165, 1.54) is 0 Å². The molecule has 6 heteroatoms. The number of hydrogen-bond donors (Lipinski definition) is 0. The normalized spacial score (nSPS) is 11.8. The standard InChI is InChI=1S/C32H40N2O4/c1-5-33(6-2)18-10-20-37-31(35)23-14-15-24-27-16-17-28(32(36)38-21-11-19-34(7-3)8-4)25-12-9-13-26(30(25)27)29(24)22-23/h9,12-17,22H,5-8,10-11,18-21H2,1-4H3. The van der Waals surface area contributed by atoms with Gasteiger partial charge in [0.05, 0.1) is 24.3 Å². The fourth-order valence-electron chi connectivity index (χ4n) is 5.31. The molecule has 0 heterocycles. The van der Waals surface area contributed by atoms with E-state index < -0.39 is 0 Å². The van der Waals surface area contributed by atoms with Gasteiger partial charge in [-0.1, -0.05) is 58.0 Å². The molecule has 0 N–H and O–H groups in total. The van der Waals surface area contributed by atoms with Crippen molar-refractivity contribution in [2.24, 2.45) is 0 Å². The second-order valence-corrected chi connectivity index (χ2v) is 9.68. The summed E-state index contributed by atoms with van der Waals surface area (Å²) in [5, 5.41) is 1.91. The highest BCUT2D eigenvalue weighted by atomic mass is 16.5. The van der Waals surface area contributed by atoms with Crippen molar-refractivity contribution in [3.8, 4) is 22.3 Å². The lowest BCUT2D eigenvalue weighted by Gasteiger charge is -2.17. The van der Waals surface area contributed by atoms with E-state index in [9.17, 15) is 9.59 Å². The van der Waals surface area contributed by atoms with Crippen LogP contribution in [0.3, 0.4) is 0 Å². The van der Waals surface area contributed by atoms with Gasteiger partial charge in [0.2, 0.25) is 0 Å². The largest absolute Gasteiger partial charge is 0.462 e. The van der Waals surface area contributed by atoms with Gasteiger partial charge in [0.25, 0.3) is 0 Å². The van der Waals surface area contributed by atoms with Gasteiger partial charge in [0.1, 0.15) is 0 Å². The molecule has 0 atom stereocenters. The molecule has 0 fully saturated rings. The van der Waals surface area contributed by atoms with Crippen molar-refractivity contribution in [1.29, 1.82) is 0 Å². The first-order chi connectivity index (χ1) is 18.5. The lowest BCUT2D eigenvalue weighted by molar-refractivity contribution is 0.0481. The van der Waals surface area contributed by atoms with Gasteiger partial charge in [-0.05, 0) is 90.2 Å². The molecule has 202 valence electrons. The topological polar surface area (TPSA) is 59.1 Å². The minimum absolute atomic E-state index is 0.293. The van der Waals surface area contributed by atoms with Crippen molar-refractivity contribution in [2.75, 3.05) is 52.5 Å². The number of esters is 2. The number of carbonyl (C=O) groups is 2. The first kappa shape index (κ1) is 27.8. The zero-order valence-electron chi connectivity index (χ0n) is 23.2. The van der Waals surface area contributed by atoms with Crippen LogP contribution in [0.5, 0.6) is 0 Å². The van der Waals surface area contributed by atoms with Crippen LogP contribution in [0.25, 0.3) is 33.0 Å². The zero-order chi connectivity index (χ0) is 27.1. The molecule has 3 aromatic rings. The molecule has 0 unspecified atom stereocenters. The molecule has 1 aliphatic rings. The fourth-order valence-corrected chi connectivity index (χ4v) is 5.31. The summed E-state index contributed by atoms with van der Waals surface area (Å²) < 4.78 is 11.2. The Kier molecular flexibility index (Phi) is 9.53. The maximum absolute atomic E-state index is 13.0. The molecule has 4 rings (SSSR count). The molecule has 0 saturated carbocycles. The van der Waals surface area contributed by atoms with Crippen LogP contribution in [0, 0.1) is 0 Å². The molecule has 0 radical (unpaired) electrons. The van der Waals surface area contributed by atoms with Gasteiger partial charge >= 0.3 is 11.9 Å². The van der Waals surface area contributed by atoms with Gasteiger partial charge in [0.15, 0.2) is 0 Å². The first-order valence-electron chi connectivity index (χ1n) is 14.0. The summed E-state index contributed by atoms with van der Waals surface area (Å²) >= 11 is 0. The molecule has 0 spiro atoms. The molecule has 0 aromatic heterocycles. The Morgan fingerprint density at radius 2 is 1.24 bits per heavy atom. The van der Waals surface area contributed by atoms with E-state index >= 15 is 0 Å². The van der Waals surface area contributed by atoms with Crippen molar-refractivity contribution in [1.82, 2.24) is 9.80 Å². The quantitative estimate of drug-likeness (QED) is 0.146. The minimum Gasteiger partial charge on any atom is -0.462 e. The van der Waals surface area contributed by atoms with Crippen molar-refractivity contribution in [3.05, 3.63) is 59.7 Å². The highest BCUT2D eigenvalue weighted by molar-refractivity contribution is 6.20. The SMILES string of the molecule is CCN(CC)CCCOC(=O)c1ccc2c(c1)-c1cccc3c(C(=O)OCCCN(CC)CC)ccc-2c13. The van der Waals surface area contributed by atoms with E-state index in [4.69, 9.17) is 9.47 Å². The maximum atomic E-state index is 13.0. The van der Waals surface area contributed by atoms with Crippen LogP contribution in [0.4, 0.5) is 0 Å². The predicted molar refractivity (Wildman–Crippen MR) is 154 cm³/mol. The number of rotatable bonds is 14. The van der Waals surface area contributed by atoms with Crippen LogP contribution < -0.4 is 0 Å². The summed E-state index contributed by atoms with van der Waals surface area (Å²) in [6.07, 6.45) is 1.63. The molecule has 1 aliphatic carbocycles. The Morgan fingerprint density at radius 1 is 0.658 bits per heavy atom. The van der Waals surface area contributed by atoms with Crippen molar-refractivity contribution in [3.63, 3.8) is 0 Å². The molecule has 0 amide bonds. The number of fused-ring (bicyclic) bond motifs is 3. The van der Waals surface area contributed by atoms with Crippen molar-refractivity contribution >= 4 is 22.7 Å². The smallest absolute Gasteiger partial charge is 0.338 e. The van der Waals surface area contributed by atoms with E-state index in [1.807, 2.05) is 42.5 Å². The van der Waals surface area contributed by atoms with E-state index in [0.29, 0.717) is 24.3 Å². The second kappa shape index (κ2) is 13.0. The third-order valence-corrected chi connectivity index (χ3v) is 7.59. The molecule has 0 aliphatic heterocycles. The van der Waals surface area contributed by atoms with Gasteiger partial charge in [0, 0.05) is 13.1 Å². The number of hydrogen-bond acceptors (Lipinski definition) is 6. The van der Waals surface area contributed by atoms with Crippen LogP contribution in [0.15, 0.2) is 48.5 Å². The third-order valence-electron chi connectivity index (χ3n) is 7.59. The van der Waals surface area contributed by atoms with Gasteiger partial charge in [-0.3, -0.25) is 0 Å². The number of benzene rings is 3. The molecule has 6 nitrogen and oxygen atoms in total. The van der Waals surface area contributed by atoms with Gasteiger partial charge < -0.3 is 19.3 Å². The summed E-state index contributed by atoms with van der Waals surface area (Å²) in [4.78, 5) is 30.4. The van der Waals surface area contributed by atoms with Crippen LogP contribution in [-0.2, 0) is 9.47 Å². The summed E-state index contributed by atoms with van der Waals surface area (Å²) in [5.74, 6) is -0.595. The van der Waals surface area contributed by atoms with Crippen LogP contribution in [-0.4, -0.2) is 74.2 Å². The Labute approximate surface area is 226 Å². The Morgan fingerprint density at radius 3 is 1.87 bits per heavy atom. The van der Waals surface area contributed by atoms with Crippen molar-refractivity contribution < 1.29 is 19.1 Å². The zero-order valence-corrected chi connectivity index (χ0v) is 23.2. The van der Waals surface area contributed by atoms with Crippen LogP contribution in [0.1, 0.15) is 61.3 Å². The highest BCUT2D eigenvalue weighted by Crippen LogP contribution is 2.48. The fraction of sp³-hybridized carbons (Fsp3) is 0.438. The van der Waals surface area contributed by atoms with Crippen molar-refractivity contribution in [2.45, 2.75) is 40.5 Å². The van der Waals surface area contributed by atoms with Gasteiger partial charge in [-0.15, -0.1) is 0 Å². The molecular weight excluding hydrogens is 476 g/mol. The number of carbonyl (C=O) groups excluding carboxylic acids is 2. The molecule has 0 saturated heterocycles. The van der Waals surface area contributed by atoms with Crippen LogP contribution >= 0.6 is 0 Å². The summed E-state index contributed by atoms with van der Waals surface area (Å²) in [6, 6.07) is 15.6. The highest BCUT2D eigenvalue weighted by Gasteiger charge is 2.25. The van der Waals surface area contributed by atoms with E-state index in [-0.39, 0.29) is 11.9 Å². The van der Waals surface area contributed by atoms with E-state index in [1.54, 1.807) is 0 Å². The maximum Gasteiger partial charge on any atom is 0.338 e. The number of ether oxygens (including phenoxy) is 2. The van der Waals surface area contributed by atoms with Gasteiger partial charge in [-0.2, -0.15) is 0 Å². The van der Waals surface area contributed by atoms with Crippen LogP contribution in [0.2, 0.25) is 0 Å². The third kappa shape index (κ3) is 5.92. The summed E-state index contributed by atoms with van der Waals surface area (Å²) in [5.41, 5.74) is 5.28. The first-order valence-corrected chi connectivity index (χ1v) is 14.0. The average Bonchev–Trinajstić information content (AvgIpc) is 3.27. The van der Waals surface area contributed by atoms with E-state index in [0.717, 1.165) is 85.1 Å².